The van der Waals surface area contributed by atoms with Crippen molar-refractivity contribution in [3.05, 3.63) is 46.2 Å². The third kappa shape index (κ3) is 5.72. The van der Waals surface area contributed by atoms with Gasteiger partial charge < -0.3 is 15.5 Å². The molecule has 0 bridgehead atoms. The Labute approximate surface area is 188 Å². The maximum Gasteiger partial charge on any atom is 0.227 e. The van der Waals surface area contributed by atoms with Gasteiger partial charge in [-0.25, -0.2) is 4.99 Å². The molecule has 0 spiro atoms. The molecule has 1 saturated heterocycles. The Balaban J connectivity index is 0.00000150. The van der Waals surface area contributed by atoms with Crippen LogP contribution in [0.5, 0.6) is 0 Å². The standard InChI is InChI=1S/C21H26N4OS.2ClH/c22-21(19-5-4-14-27-19)23-17-7-8-18-16(15-17)6-9-20(26)25(18)13-12-24-10-2-1-3-11-24;;/h4-5,7-8,14-15H,1-3,6,9-13H2,(H2,22,23);2*1H. The summed E-state index contributed by atoms with van der Waals surface area (Å²) in [5, 5.41) is 2.00. The second kappa shape index (κ2) is 11.0. The summed E-state index contributed by atoms with van der Waals surface area (Å²) in [6.45, 7) is 4.04. The summed E-state index contributed by atoms with van der Waals surface area (Å²) in [6.07, 6.45) is 5.23. The number of hydrogen-bond acceptors (Lipinski definition) is 4. The zero-order chi connectivity index (χ0) is 18.6. The third-order valence-electron chi connectivity index (χ3n) is 5.37. The maximum atomic E-state index is 12.5. The fourth-order valence-electron chi connectivity index (χ4n) is 3.90. The molecule has 29 heavy (non-hydrogen) atoms. The van der Waals surface area contributed by atoms with Crippen molar-refractivity contribution in [3.63, 3.8) is 0 Å². The van der Waals surface area contributed by atoms with Gasteiger partial charge in [0.15, 0.2) is 0 Å². The Morgan fingerprint density at radius 2 is 1.86 bits per heavy atom. The fourth-order valence-corrected chi connectivity index (χ4v) is 4.53. The van der Waals surface area contributed by atoms with E-state index in [-0.39, 0.29) is 30.7 Å². The van der Waals surface area contributed by atoms with Crippen LogP contribution in [0.4, 0.5) is 11.4 Å². The number of aliphatic imine (C=N–C) groups is 1. The van der Waals surface area contributed by atoms with Crippen LogP contribution < -0.4 is 10.6 Å². The van der Waals surface area contributed by atoms with E-state index in [0.29, 0.717) is 12.3 Å². The molecule has 2 aromatic rings. The highest BCUT2D eigenvalue weighted by Gasteiger charge is 2.25. The van der Waals surface area contributed by atoms with E-state index in [1.165, 1.54) is 24.8 Å². The second-order valence-electron chi connectivity index (χ2n) is 7.24. The number of rotatable bonds is 5. The molecular weight excluding hydrogens is 427 g/mol. The number of carbonyl (C=O) groups is 1. The predicted molar refractivity (Wildman–Crippen MR) is 127 cm³/mol. The second-order valence-corrected chi connectivity index (χ2v) is 8.18. The smallest absolute Gasteiger partial charge is 0.227 e. The number of nitrogens with zero attached hydrogens (tertiary/aromatic N) is 3. The van der Waals surface area contributed by atoms with Crippen molar-refractivity contribution in [1.82, 2.24) is 4.90 Å². The SMILES string of the molecule is Cl.Cl.NC(=Nc1ccc2c(c1)CCC(=O)N2CCN1CCCCC1)c1cccs1. The molecule has 8 heteroatoms. The number of halogens is 2. The van der Waals surface area contributed by atoms with Gasteiger partial charge in [0.1, 0.15) is 5.84 Å². The van der Waals surface area contributed by atoms with Gasteiger partial charge >= 0.3 is 0 Å². The van der Waals surface area contributed by atoms with E-state index in [0.717, 1.165) is 48.9 Å². The first kappa shape index (κ1) is 23.7. The molecule has 0 aliphatic carbocycles. The number of thiophene rings is 1. The quantitative estimate of drug-likeness (QED) is 0.537. The summed E-state index contributed by atoms with van der Waals surface area (Å²) >= 11 is 1.59. The lowest BCUT2D eigenvalue weighted by atomic mass is 10.0. The Kier molecular flexibility index (Phi) is 8.96. The largest absolute Gasteiger partial charge is 0.383 e. The highest BCUT2D eigenvalue weighted by Crippen LogP contribution is 2.31. The Hall–Kier alpha value is -1.60. The summed E-state index contributed by atoms with van der Waals surface area (Å²) < 4.78 is 0. The molecule has 2 aliphatic rings. The number of anilines is 1. The van der Waals surface area contributed by atoms with Crippen molar-refractivity contribution in [3.8, 4) is 0 Å². The molecule has 3 heterocycles. The van der Waals surface area contributed by atoms with Crippen LogP contribution in [-0.2, 0) is 11.2 Å². The Morgan fingerprint density at radius 1 is 1.07 bits per heavy atom. The van der Waals surface area contributed by atoms with Gasteiger partial charge in [-0.1, -0.05) is 12.5 Å². The third-order valence-corrected chi connectivity index (χ3v) is 6.27. The molecule has 1 fully saturated rings. The lowest BCUT2D eigenvalue weighted by Gasteiger charge is -2.33. The summed E-state index contributed by atoms with van der Waals surface area (Å²) in [7, 11) is 0. The normalized spacial score (nSPS) is 17.3. The summed E-state index contributed by atoms with van der Waals surface area (Å²) in [5.74, 6) is 0.771. The van der Waals surface area contributed by atoms with Crippen molar-refractivity contribution in [2.24, 2.45) is 10.7 Å². The van der Waals surface area contributed by atoms with E-state index in [4.69, 9.17) is 5.73 Å². The number of likely N-dealkylation sites (tertiary alicyclic amines) is 1. The van der Waals surface area contributed by atoms with Gasteiger partial charge in [-0.3, -0.25) is 4.79 Å². The molecule has 5 nitrogen and oxygen atoms in total. The Morgan fingerprint density at radius 3 is 2.59 bits per heavy atom. The minimum Gasteiger partial charge on any atom is -0.383 e. The molecule has 2 aliphatic heterocycles. The number of amidine groups is 1. The number of nitrogens with two attached hydrogens (primary N) is 1. The van der Waals surface area contributed by atoms with Crippen LogP contribution in [0.25, 0.3) is 0 Å². The zero-order valence-electron chi connectivity index (χ0n) is 16.4. The van der Waals surface area contributed by atoms with Gasteiger partial charge in [-0.15, -0.1) is 36.2 Å². The minimum absolute atomic E-state index is 0. The average molecular weight is 455 g/mol. The van der Waals surface area contributed by atoms with Crippen molar-refractivity contribution >= 4 is 59.3 Å². The summed E-state index contributed by atoms with van der Waals surface area (Å²) in [5.41, 5.74) is 9.20. The van der Waals surface area contributed by atoms with Gasteiger partial charge in [0.05, 0.1) is 10.6 Å². The lowest BCUT2D eigenvalue weighted by Crippen LogP contribution is -2.42. The van der Waals surface area contributed by atoms with Crippen LogP contribution in [0.3, 0.4) is 0 Å². The van der Waals surface area contributed by atoms with Gasteiger partial charge in [-0.05, 0) is 67.6 Å². The number of benzene rings is 1. The predicted octanol–water partition coefficient (Wildman–Crippen LogP) is 4.39. The van der Waals surface area contributed by atoms with E-state index in [2.05, 4.69) is 16.0 Å². The van der Waals surface area contributed by atoms with Crippen LogP contribution in [0.15, 0.2) is 40.7 Å². The van der Waals surface area contributed by atoms with Gasteiger partial charge in [0, 0.05) is 25.2 Å². The first-order chi connectivity index (χ1) is 13.2. The molecule has 0 atom stereocenters. The van der Waals surface area contributed by atoms with Crippen LogP contribution in [0.2, 0.25) is 0 Å². The molecule has 2 N–H and O–H groups in total. The number of carbonyl (C=O) groups excluding carboxylic acids is 1. The van der Waals surface area contributed by atoms with Crippen molar-refractivity contribution < 1.29 is 4.79 Å². The molecule has 1 aromatic heterocycles. The summed E-state index contributed by atoms with van der Waals surface area (Å²) in [4.78, 5) is 22.5. The van der Waals surface area contributed by atoms with Gasteiger partial charge in [-0.2, -0.15) is 0 Å². The van der Waals surface area contributed by atoms with Crippen LogP contribution in [0.1, 0.15) is 36.1 Å². The number of aryl methyl sites for hydroxylation is 1. The average Bonchev–Trinajstić information content (AvgIpc) is 3.23. The first-order valence-corrected chi connectivity index (χ1v) is 10.6. The molecule has 0 saturated carbocycles. The number of fused-ring (bicyclic) bond motifs is 1. The minimum atomic E-state index is 0. The van der Waals surface area contributed by atoms with Crippen LogP contribution in [-0.4, -0.2) is 42.8 Å². The Bertz CT molecular complexity index is 835. The molecule has 158 valence electrons. The number of piperidine rings is 1. The first-order valence-electron chi connectivity index (χ1n) is 9.74. The van der Waals surface area contributed by atoms with Crippen molar-refractivity contribution in [2.45, 2.75) is 32.1 Å². The summed E-state index contributed by atoms with van der Waals surface area (Å²) in [6, 6.07) is 10.0. The monoisotopic (exact) mass is 454 g/mol. The molecule has 4 rings (SSSR count). The molecule has 0 radical (unpaired) electrons. The molecular formula is C21H28Cl2N4OS. The fraction of sp³-hybridized carbons (Fsp3) is 0.429. The van der Waals surface area contributed by atoms with E-state index >= 15 is 0 Å². The number of amides is 1. The van der Waals surface area contributed by atoms with E-state index in [1.54, 1.807) is 11.3 Å². The highest BCUT2D eigenvalue weighted by molar-refractivity contribution is 7.12. The molecule has 1 amide bonds. The van der Waals surface area contributed by atoms with E-state index < -0.39 is 0 Å². The topological polar surface area (TPSA) is 61.9 Å². The lowest BCUT2D eigenvalue weighted by molar-refractivity contribution is -0.119. The van der Waals surface area contributed by atoms with Gasteiger partial charge in [0.25, 0.3) is 0 Å². The van der Waals surface area contributed by atoms with Crippen molar-refractivity contribution in [2.75, 3.05) is 31.1 Å². The van der Waals surface area contributed by atoms with E-state index in [9.17, 15) is 4.79 Å². The van der Waals surface area contributed by atoms with Crippen LogP contribution >= 0.6 is 36.2 Å². The number of hydrogen-bond donors (Lipinski definition) is 1. The maximum absolute atomic E-state index is 12.5. The molecule has 0 unspecified atom stereocenters. The highest BCUT2D eigenvalue weighted by atomic mass is 35.5. The zero-order valence-corrected chi connectivity index (χ0v) is 18.8. The molecule has 1 aromatic carbocycles. The van der Waals surface area contributed by atoms with Crippen LogP contribution in [0, 0.1) is 0 Å². The van der Waals surface area contributed by atoms with Gasteiger partial charge in [0.2, 0.25) is 5.91 Å². The van der Waals surface area contributed by atoms with E-state index in [1.807, 2.05) is 34.5 Å². The van der Waals surface area contributed by atoms with Crippen molar-refractivity contribution in [1.29, 1.82) is 0 Å².